The highest BCUT2D eigenvalue weighted by Gasteiger charge is 2.02. The smallest absolute Gasteiger partial charge is 0.251 e. The number of hydrogen-bond acceptors (Lipinski definition) is 3. The molecule has 0 unspecified atom stereocenters. The van der Waals surface area contributed by atoms with Crippen molar-refractivity contribution in [2.45, 2.75) is 11.3 Å². The number of rotatable bonds is 4. The molecule has 3 N–H and O–H groups in total. The molecule has 0 saturated heterocycles. The number of carbonyl (C=O) groups excluding carboxylic acids is 1. The van der Waals surface area contributed by atoms with Crippen LogP contribution in [0.3, 0.4) is 0 Å². The maximum atomic E-state index is 11.5. The highest BCUT2D eigenvalue weighted by Crippen LogP contribution is 2.07. The van der Waals surface area contributed by atoms with Crippen molar-refractivity contribution in [3.63, 3.8) is 0 Å². The van der Waals surface area contributed by atoms with Crippen LogP contribution in [0.15, 0.2) is 29.2 Å². The van der Waals surface area contributed by atoms with Crippen molar-refractivity contribution in [1.29, 1.82) is 0 Å². The predicted molar refractivity (Wildman–Crippen MR) is 59.7 cm³/mol. The van der Waals surface area contributed by atoms with E-state index in [9.17, 15) is 4.79 Å². The van der Waals surface area contributed by atoms with Gasteiger partial charge in [-0.3, -0.25) is 4.79 Å². The number of benzene rings is 1. The molecule has 14 heavy (non-hydrogen) atoms. The molecule has 0 bridgehead atoms. The van der Waals surface area contributed by atoms with E-state index in [1.807, 2.05) is 0 Å². The van der Waals surface area contributed by atoms with E-state index in [2.05, 4.69) is 17.9 Å². The number of amides is 1. The summed E-state index contributed by atoms with van der Waals surface area (Å²) in [5.41, 5.74) is 5.96. The molecule has 0 aliphatic heterocycles. The first kappa shape index (κ1) is 11.1. The van der Waals surface area contributed by atoms with Crippen LogP contribution < -0.4 is 11.1 Å². The SMILES string of the molecule is NCCCNC(=O)c1ccc(S)cc1. The van der Waals surface area contributed by atoms with Crippen molar-refractivity contribution in [2.24, 2.45) is 5.73 Å². The van der Waals surface area contributed by atoms with Crippen LogP contribution in [0.1, 0.15) is 16.8 Å². The van der Waals surface area contributed by atoms with Gasteiger partial charge in [0.25, 0.3) is 5.91 Å². The molecule has 1 rings (SSSR count). The Morgan fingerprint density at radius 3 is 2.57 bits per heavy atom. The highest BCUT2D eigenvalue weighted by molar-refractivity contribution is 7.80. The average Bonchev–Trinajstić information content (AvgIpc) is 2.19. The van der Waals surface area contributed by atoms with Crippen LogP contribution in [-0.2, 0) is 0 Å². The van der Waals surface area contributed by atoms with E-state index < -0.39 is 0 Å². The molecular weight excluding hydrogens is 196 g/mol. The summed E-state index contributed by atoms with van der Waals surface area (Å²) in [4.78, 5) is 12.3. The lowest BCUT2D eigenvalue weighted by Gasteiger charge is -2.03. The fourth-order valence-electron chi connectivity index (χ4n) is 1.02. The lowest BCUT2D eigenvalue weighted by molar-refractivity contribution is 0.0953. The van der Waals surface area contributed by atoms with E-state index in [-0.39, 0.29) is 5.91 Å². The Balaban J connectivity index is 2.48. The van der Waals surface area contributed by atoms with E-state index in [1.54, 1.807) is 24.3 Å². The topological polar surface area (TPSA) is 55.1 Å². The largest absolute Gasteiger partial charge is 0.352 e. The van der Waals surface area contributed by atoms with E-state index in [0.717, 1.165) is 11.3 Å². The van der Waals surface area contributed by atoms with E-state index >= 15 is 0 Å². The maximum absolute atomic E-state index is 11.5. The molecule has 1 amide bonds. The van der Waals surface area contributed by atoms with Gasteiger partial charge in [0, 0.05) is 17.0 Å². The second kappa shape index (κ2) is 5.67. The van der Waals surface area contributed by atoms with Crippen molar-refractivity contribution in [3.05, 3.63) is 29.8 Å². The molecule has 0 heterocycles. The molecule has 76 valence electrons. The van der Waals surface area contributed by atoms with Crippen molar-refractivity contribution < 1.29 is 4.79 Å². The fourth-order valence-corrected chi connectivity index (χ4v) is 1.17. The van der Waals surface area contributed by atoms with Gasteiger partial charge in [0.1, 0.15) is 0 Å². The monoisotopic (exact) mass is 210 g/mol. The molecule has 4 heteroatoms. The Hall–Kier alpha value is -1.00. The molecule has 0 spiro atoms. The molecule has 3 nitrogen and oxygen atoms in total. The van der Waals surface area contributed by atoms with Gasteiger partial charge in [-0.05, 0) is 37.2 Å². The minimum absolute atomic E-state index is 0.0632. The summed E-state index contributed by atoms with van der Waals surface area (Å²) in [5.74, 6) is -0.0632. The second-order valence-corrected chi connectivity index (χ2v) is 3.46. The first-order chi connectivity index (χ1) is 6.74. The van der Waals surface area contributed by atoms with Gasteiger partial charge >= 0.3 is 0 Å². The summed E-state index contributed by atoms with van der Waals surface area (Å²) in [6, 6.07) is 7.09. The molecular formula is C10H14N2OS. The van der Waals surface area contributed by atoms with E-state index in [0.29, 0.717) is 18.7 Å². The lowest BCUT2D eigenvalue weighted by atomic mass is 10.2. The van der Waals surface area contributed by atoms with Crippen LogP contribution in [0.4, 0.5) is 0 Å². The van der Waals surface area contributed by atoms with Crippen molar-refractivity contribution in [1.82, 2.24) is 5.32 Å². The summed E-state index contributed by atoms with van der Waals surface area (Å²) >= 11 is 4.14. The predicted octanol–water partition coefficient (Wildman–Crippen LogP) is 1.05. The maximum Gasteiger partial charge on any atom is 0.251 e. The number of carbonyl (C=O) groups is 1. The Kier molecular flexibility index (Phi) is 4.49. The molecule has 0 saturated carbocycles. The Morgan fingerprint density at radius 1 is 1.36 bits per heavy atom. The highest BCUT2D eigenvalue weighted by atomic mass is 32.1. The van der Waals surface area contributed by atoms with Crippen molar-refractivity contribution >= 4 is 18.5 Å². The van der Waals surface area contributed by atoms with E-state index in [4.69, 9.17) is 5.73 Å². The number of nitrogens with two attached hydrogens (primary N) is 1. The molecule has 0 aliphatic rings. The van der Waals surface area contributed by atoms with Gasteiger partial charge in [-0.1, -0.05) is 0 Å². The first-order valence-corrected chi connectivity index (χ1v) is 4.96. The normalized spacial score (nSPS) is 9.86. The quantitative estimate of drug-likeness (QED) is 0.514. The lowest BCUT2D eigenvalue weighted by Crippen LogP contribution is -2.25. The molecule has 0 fully saturated rings. The third-order valence-corrected chi connectivity index (χ3v) is 2.09. The van der Waals surface area contributed by atoms with Gasteiger partial charge in [-0.25, -0.2) is 0 Å². The Bertz CT molecular complexity index is 297. The number of hydrogen-bond donors (Lipinski definition) is 3. The van der Waals surface area contributed by atoms with Crippen LogP contribution in [0, 0.1) is 0 Å². The number of thiol groups is 1. The average molecular weight is 210 g/mol. The van der Waals surface area contributed by atoms with Gasteiger partial charge in [-0.2, -0.15) is 0 Å². The molecule has 1 aromatic carbocycles. The van der Waals surface area contributed by atoms with Crippen LogP contribution in [0.2, 0.25) is 0 Å². The van der Waals surface area contributed by atoms with Crippen molar-refractivity contribution in [2.75, 3.05) is 13.1 Å². The van der Waals surface area contributed by atoms with Crippen LogP contribution in [0.25, 0.3) is 0 Å². The Labute approximate surface area is 89.1 Å². The molecule has 0 aliphatic carbocycles. The number of nitrogens with one attached hydrogen (secondary N) is 1. The third-order valence-electron chi connectivity index (χ3n) is 1.80. The zero-order valence-corrected chi connectivity index (χ0v) is 8.76. The third kappa shape index (κ3) is 3.40. The molecule has 0 aromatic heterocycles. The van der Waals surface area contributed by atoms with Crippen LogP contribution >= 0.6 is 12.6 Å². The van der Waals surface area contributed by atoms with Crippen LogP contribution in [0.5, 0.6) is 0 Å². The van der Waals surface area contributed by atoms with Gasteiger partial charge in [0.15, 0.2) is 0 Å². The van der Waals surface area contributed by atoms with Gasteiger partial charge < -0.3 is 11.1 Å². The molecule has 0 radical (unpaired) electrons. The first-order valence-electron chi connectivity index (χ1n) is 4.51. The minimum atomic E-state index is -0.0632. The second-order valence-electron chi connectivity index (χ2n) is 2.95. The van der Waals surface area contributed by atoms with Gasteiger partial charge in [0.2, 0.25) is 0 Å². The zero-order valence-electron chi connectivity index (χ0n) is 7.86. The van der Waals surface area contributed by atoms with E-state index in [1.165, 1.54) is 0 Å². The van der Waals surface area contributed by atoms with Gasteiger partial charge in [0.05, 0.1) is 0 Å². The molecule has 0 atom stereocenters. The van der Waals surface area contributed by atoms with Gasteiger partial charge in [-0.15, -0.1) is 12.6 Å². The summed E-state index contributed by atoms with van der Waals surface area (Å²) in [6.45, 7) is 1.22. The van der Waals surface area contributed by atoms with Crippen molar-refractivity contribution in [3.8, 4) is 0 Å². The summed E-state index contributed by atoms with van der Waals surface area (Å²) in [6.07, 6.45) is 0.802. The summed E-state index contributed by atoms with van der Waals surface area (Å²) in [7, 11) is 0. The molecule has 1 aromatic rings. The summed E-state index contributed by atoms with van der Waals surface area (Å²) < 4.78 is 0. The fraction of sp³-hybridized carbons (Fsp3) is 0.300. The minimum Gasteiger partial charge on any atom is -0.352 e. The standard InChI is InChI=1S/C10H14N2OS/c11-6-1-7-12-10(13)8-2-4-9(14)5-3-8/h2-5,14H,1,6-7,11H2,(H,12,13). The zero-order chi connectivity index (χ0) is 10.4. The summed E-state index contributed by atoms with van der Waals surface area (Å²) in [5, 5.41) is 2.78. The van der Waals surface area contributed by atoms with Crippen LogP contribution in [-0.4, -0.2) is 19.0 Å². The Morgan fingerprint density at radius 2 is 2.00 bits per heavy atom.